The fourth-order valence-electron chi connectivity index (χ4n) is 4.17. The van der Waals surface area contributed by atoms with E-state index in [1.54, 1.807) is 14.2 Å². The average Bonchev–Trinajstić information content (AvgIpc) is 3.21. The lowest BCUT2D eigenvalue weighted by atomic mass is 9.87. The third-order valence-corrected chi connectivity index (χ3v) is 5.66. The molecule has 2 aromatic carbocycles. The summed E-state index contributed by atoms with van der Waals surface area (Å²) < 4.78 is 22.3. The normalized spacial score (nSPS) is 18.4. The van der Waals surface area contributed by atoms with Gasteiger partial charge in [-0.05, 0) is 42.8 Å². The smallest absolute Gasteiger partial charge is 0.231 e. The van der Waals surface area contributed by atoms with Crippen LogP contribution in [0.25, 0.3) is 0 Å². The van der Waals surface area contributed by atoms with Crippen LogP contribution in [-0.2, 0) is 12.8 Å². The SMILES string of the molecule is COc1cccc(C/C(CC2c3c(cc4c(c3OC)OCO4)CCN2C)=N\O)c1. The lowest BCUT2D eigenvalue weighted by molar-refractivity contribution is 0.170. The van der Waals surface area contributed by atoms with E-state index >= 15 is 0 Å². The number of oxime groups is 1. The molecule has 0 aliphatic carbocycles. The van der Waals surface area contributed by atoms with Gasteiger partial charge in [-0.3, -0.25) is 4.90 Å². The molecule has 1 unspecified atom stereocenters. The molecule has 7 nitrogen and oxygen atoms in total. The van der Waals surface area contributed by atoms with Crippen LogP contribution in [0.5, 0.6) is 23.0 Å². The highest BCUT2D eigenvalue weighted by Crippen LogP contribution is 2.50. The molecule has 154 valence electrons. The summed E-state index contributed by atoms with van der Waals surface area (Å²) in [5.41, 5.74) is 4.00. The molecule has 0 fully saturated rings. The highest BCUT2D eigenvalue weighted by Gasteiger charge is 2.34. The van der Waals surface area contributed by atoms with Crippen molar-refractivity contribution < 1.29 is 24.2 Å². The summed E-state index contributed by atoms with van der Waals surface area (Å²) in [6.07, 6.45) is 2.02. The molecule has 0 saturated heterocycles. The van der Waals surface area contributed by atoms with E-state index in [0.717, 1.165) is 35.6 Å². The summed E-state index contributed by atoms with van der Waals surface area (Å²) in [6.45, 7) is 1.10. The van der Waals surface area contributed by atoms with Crippen molar-refractivity contribution in [3.05, 3.63) is 47.0 Å². The predicted molar refractivity (Wildman–Crippen MR) is 109 cm³/mol. The van der Waals surface area contributed by atoms with Crippen LogP contribution in [0.1, 0.15) is 29.2 Å². The van der Waals surface area contributed by atoms with Gasteiger partial charge in [0.15, 0.2) is 11.5 Å². The van der Waals surface area contributed by atoms with Gasteiger partial charge in [0.05, 0.1) is 19.9 Å². The van der Waals surface area contributed by atoms with Gasteiger partial charge in [-0.15, -0.1) is 0 Å². The third kappa shape index (κ3) is 3.70. The molecule has 4 rings (SSSR count). The highest BCUT2D eigenvalue weighted by molar-refractivity contribution is 5.87. The summed E-state index contributed by atoms with van der Waals surface area (Å²) >= 11 is 0. The molecule has 0 bridgehead atoms. The fourth-order valence-corrected chi connectivity index (χ4v) is 4.17. The van der Waals surface area contributed by atoms with Crippen molar-refractivity contribution in [2.75, 3.05) is 34.6 Å². The van der Waals surface area contributed by atoms with Crippen LogP contribution in [0.2, 0.25) is 0 Å². The molecule has 1 N–H and O–H groups in total. The Balaban J connectivity index is 1.65. The molecule has 0 spiro atoms. The molecule has 29 heavy (non-hydrogen) atoms. The zero-order valence-corrected chi connectivity index (χ0v) is 17.0. The lowest BCUT2D eigenvalue weighted by Gasteiger charge is -2.36. The number of nitrogens with zero attached hydrogens (tertiary/aromatic N) is 2. The Morgan fingerprint density at radius 1 is 1.24 bits per heavy atom. The zero-order chi connectivity index (χ0) is 20.4. The van der Waals surface area contributed by atoms with Gasteiger partial charge in [0.2, 0.25) is 12.5 Å². The first-order valence-corrected chi connectivity index (χ1v) is 9.67. The Hall–Kier alpha value is -2.93. The number of hydrogen-bond donors (Lipinski definition) is 1. The molecule has 7 heteroatoms. The maximum Gasteiger partial charge on any atom is 0.231 e. The summed E-state index contributed by atoms with van der Waals surface area (Å²) in [7, 11) is 5.38. The van der Waals surface area contributed by atoms with E-state index in [0.29, 0.717) is 30.1 Å². The quantitative estimate of drug-likeness (QED) is 0.457. The van der Waals surface area contributed by atoms with Gasteiger partial charge in [-0.25, -0.2) is 0 Å². The van der Waals surface area contributed by atoms with E-state index in [-0.39, 0.29) is 12.8 Å². The second kappa shape index (κ2) is 8.21. The minimum atomic E-state index is 0.0136. The molecule has 0 saturated carbocycles. The molecule has 2 heterocycles. The van der Waals surface area contributed by atoms with Crippen LogP contribution in [0.3, 0.4) is 0 Å². The van der Waals surface area contributed by atoms with Crippen LogP contribution in [0.15, 0.2) is 35.5 Å². The predicted octanol–water partition coefficient (Wildman–Crippen LogP) is 3.42. The molecular weight excluding hydrogens is 372 g/mol. The standard InChI is InChI=1S/C22H26N2O5/c1-24-8-7-15-11-19-21(29-13-28-19)22(27-3)20(15)18(24)12-16(23-25)9-14-5-4-6-17(10-14)26-2/h4-6,10-11,18,25H,7-9,12-13H2,1-3H3/b23-16+. The van der Waals surface area contributed by atoms with Crippen LogP contribution in [0.4, 0.5) is 0 Å². The lowest BCUT2D eigenvalue weighted by Crippen LogP contribution is -2.34. The van der Waals surface area contributed by atoms with Crippen molar-refractivity contribution in [2.45, 2.75) is 25.3 Å². The summed E-state index contributed by atoms with van der Waals surface area (Å²) in [4.78, 5) is 2.27. The van der Waals surface area contributed by atoms with Gasteiger partial charge in [0.25, 0.3) is 0 Å². The number of hydrogen-bond acceptors (Lipinski definition) is 7. The van der Waals surface area contributed by atoms with Gasteiger partial charge in [0, 0.05) is 31.0 Å². The van der Waals surface area contributed by atoms with Gasteiger partial charge in [0.1, 0.15) is 5.75 Å². The largest absolute Gasteiger partial charge is 0.497 e. The Labute approximate surface area is 170 Å². The van der Waals surface area contributed by atoms with Crippen LogP contribution in [0, 0.1) is 0 Å². The molecule has 2 aromatic rings. The number of methoxy groups -OCH3 is 2. The van der Waals surface area contributed by atoms with Crippen LogP contribution in [-0.4, -0.2) is 50.4 Å². The maximum atomic E-state index is 9.72. The topological polar surface area (TPSA) is 72.8 Å². The van der Waals surface area contributed by atoms with Crippen molar-refractivity contribution in [2.24, 2.45) is 5.16 Å². The van der Waals surface area contributed by atoms with Gasteiger partial charge >= 0.3 is 0 Å². The summed E-state index contributed by atoms with van der Waals surface area (Å²) in [6, 6.07) is 9.87. The summed E-state index contributed by atoms with van der Waals surface area (Å²) in [5.74, 6) is 2.89. The first-order valence-electron chi connectivity index (χ1n) is 9.67. The molecular formula is C22H26N2O5. The van der Waals surface area contributed by atoms with Gasteiger partial charge in [-0.2, -0.15) is 0 Å². The van der Waals surface area contributed by atoms with E-state index in [2.05, 4.69) is 23.2 Å². The van der Waals surface area contributed by atoms with E-state index < -0.39 is 0 Å². The molecule has 2 aliphatic rings. The van der Waals surface area contributed by atoms with Crippen molar-refractivity contribution in [3.8, 4) is 23.0 Å². The van der Waals surface area contributed by atoms with E-state index in [9.17, 15) is 5.21 Å². The number of benzene rings is 2. The number of likely N-dealkylation sites (N-methyl/N-ethyl adjacent to an activating group) is 1. The first kappa shape index (κ1) is 19.4. The fraction of sp³-hybridized carbons (Fsp3) is 0.409. The van der Waals surface area contributed by atoms with E-state index in [4.69, 9.17) is 18.9 Å². The molecule has 0 radical (unpaired) electrons. The monoisotopic (exact) mass is 398 g/mol. The van der Waals surface area contributed by atoms with E-state index in [1.165, 1.54) is 5.56 Å². The second-order valence-corrected chi connectivity index (χ2v) is 7.36. The maximum absolute atomic E-state index is 9.72. The zero-order valence-electron chi connectivity index (χ0n) is 17.0. The van der Waals surface area contributed by atoms with Gasteiger partial charge in [-0.1, -0.05) is 17.3 Å². The first-order chi connectivity index (χ1) is 14.1. The Morgan fingerprint density at radius 3 is 2.86 bits per heavy atom. The van der Waals surface area contributed by atoms with Crippen LogP contribution < -0.4 is 18.9 Å². The number of ether oxygens (including phenoxy) is 4. The average molecular weight is 398 g/mol. The van der Waals surface area contributed by atoms with Crippen molar-refractivity contribution >= 4 is 5.71 Å². The van der Waals surface area contributed by atoms with Crippen molar-refractivity contribution in [3.63, 3.8) is 0 Å². The third-order valence-electron chi connectivity index (χ3n) is 5.66. The Morgan fingerprint density at radius 2 is 2.10 bits per heavy atom. The highest BCUT2D eigenvalue weighted by atomic mass is 16.7. The second-order valence-electron chi connectivity index (χ2n) is 7.36. The Kier molecular flexibility index (Phi) is 5.49. The van der Waals surface area contributed by atoms with E-state index in [1.807, 2.05) is 24.3 Å². The molecule has 0 aromatic heterocycles. The number of fused-ring (bicyclic) bond motifs is 2. The Bertz CT molecular complexity index is 928. The summed E-state index contributed by atoms with van der Waals surface area (Å²) in [5, 5.41) is 13.3. The van der Waals surface area contributed by atoms with Gasteiger partial charge < -0.3 is 24.2 Å². The van der Waals surface area contributed by atoms with Crippen molar-refractivity contribution in [1.29, 1.82) is 0 Å². The minimum absolute atomic E-state index is 0.0136. The molecule has 2 aliphatic heterocycles. The molecule has 1 atom stereocenters. The minimum Gasteiger partial charge on any atom is -0.497 e. The molecule has 0 amide bonds. The van der Waals surface area contributed by atoms with Crippen LogP contribution >= 0.6 is 0 Å². The van der Waals surface area contributed by atoms with Crippen molar-refractivity contribution in [1.82, 2.24) is 4.90 Å². The number of rotatable bonds is 6.